The highest BCUT2D eigenvalue weighted by atomic mass is 16.5. The van der Waals surface area contributed by atoms with E-state index in [-0.39, 0.29) is 5.91 Å². The Morgan fingerprint density at radius 3 is 2.59 bits per heavy atom. The van der Waals surface area contributed by atoms with Gasteiger partial charge in [-0.3, -0.25) is 9.69 Å². The Bertz CT molecular complexity index is 953. The summed E-state index contributed by atoms with van der Waals surface area (Å²) in [7, 11) is 1.75. The van der Waals surface area contributed by atoms with E-state index in [0.717, 1.165) is 48.5 Å². The van der Waals surface area contributed by atoms with Gasteiger partial charge in [0.2, 0.25) is 0 Å². The summed E-state index contributed by atoms with van der Waals surface area (Å²) in [5, 5.41) is 1.04. The van der Waals surface area contributed by atoms with Crippen molar-refractivity contribution in [1.82, 2.24) is 14.4 Å². The highest BCUT2D eigenvalue weighted by Crippen LogP contribution is 2.42. The molecule has 1 saturated carbocycles. The van der Waals surface area contributed by atoms with Gasteiger partial charge in [-0.1, -0.05) is 31.4 Å². The summed E-state index contributed by atoms with van der Waals surface area (Å²) in [6.07, 6.45) is 8.63. The summed E-state index contributed by atoms with van der Waals surface area (Å²) in [5.74, 6) is 1.71. The zero-order valence-corrected chi connectivity index (χ0v) is 19.8. The molecule has 1 aromatic carbocycles. The van der Waals surface area contributed by atoms with Gasteiger partial charge in [-0.25, -0.2) is 0 Å². The van der Waals surface area contributed by atoms with E-state index < -0.39 is 0 Å². The first-order chi connectivity index (χ1) is 15.6. The van der Waals surface area contributed by atoms with Crippen molar-refractivity contribution in [1.29, 1.82) is 0 Å². The number of amides is 1. The zero-order chi connectivity index (χ0) is 22.2. The van der Waals surface area contributed by atoms with Gasteiger partial charge in [-0.2, -0.15) is 0 Å². The number of piperazine rings is 1. The number of ether oxygens (including phenoxy) is 2. The number of hydrogen-bond acceptors (Lipinski definition) is 4. The second-order valence-electron chi connectivity index (χ2n) is 10.0. The van der Waals surface area contributed by atoms with Crippen molar-refractivity contribution in [2.24, 2.45) is 5.92 Å². The van der Waals surface area contributed by atoms with Gasteiger partial charge in [0.25, 0.3) is 5.91 Å². The maximum atomic E-state index is 13.8. The molecule has 2 fully saturated rings. The lowest BCUT2D eigenvalue weighted by atomic mass is 9.83. The number of carbonyl (C=O) groups is 1. The van der Waals surface area contributed by atoms with Crippen LogP contribution >= 0.6 is 0 Å². The lowest BCUT2D eigenvalue weighted by molar-refractivity contribution is 0.0194. The number of benzene rings is 1. The molecule has 174 valence electrons. The Labute approximate surface area is 191 Å². The lowest BCUT2D eigenvalue weighted by Crippen LogP contribution is -2.58. The van der Waals surface area contributed by atoms with E-state index in [0.29, 0.717) is 30.7 Å². The minimum absolute atomic E-state index is 0.153. The molecule has 6 nitrogen and oxygen atoms in total. The molecular weight excluding hydrogens is 402 g/mol. The number of para-hydroxylation sites is 1. The standard InChI is InChI=1S/C26H37N3O3/c1-18-14-27(15-19(2)28(18)12-13-31-3)26(30)22-16-29-23(20-8-5-4-6-9-20)17-32-24-11-7-10-21(22)25(24)29/h7,10-11,16,18-20,23H,4-6,8-9,12-15,17H2,1-3H3/t18-,19+,23-/m0/s1. The van der Waals surface area contributed by atoms with E-state index in [1.54, 1.807) is 7.11 Å². The van der Waals surface area contributed by atoms with Crippen LogP contribution in [0.4, 0.5) is 0 Å². The Hall–Kier alpha value is -2.05. The predicted octanol–water partition coefficient (Wildman–Crippen LogP) is 4.34. The quantitative estimate of drug-likeness (QED) is 0.696. The van der Waals surface area contributed by atoms with E-state index >= 15 is 0 Å². The number of rotatable bonds is 5. The average Bonchev–Trinajstić information content (AvgIpc) is 3.20. The molecule has 0 bridgehead atoms. The molecule has 5 rings (SSSR count). The second kappa shape index (κ2) is 9.06. The summed E-state index contributed by atoms with van der Waals surface area (Å²) in [5.41, 5.74) is 1.94. The van der Waals surface area contributed by atoms with Gasteiger partial charge in [0.1, 0.15) is 12.4 Å². The molecule has 3 heterocycles. The maximum absolute atomic E-state index is 13.8. The fraction of sp³-hybridized carbons (Fsp3) is 0.654. The molecule has 1 aliphatic carbocycles. The molecule has 1 saturated heterocycles. The first-order valence-electron chi connectivity index (χ1n) is 12.4. The van der Waals surface area contributed by atoms with Crippen molar-refractivity contribution in [2.45, 2.75) is 64.1 Å². The first-order valence-corrected chi connectivity index (χ1v) is 12.4. The van der Waals surface area contributed by atoms with Gasteiger partial charge in [-0.15, -0.1) is 0 Å². The summed E-state index contributed by atoms with van der Waals surface area (Å²) < 4.78 is 13.9. The van der Waals surface area contributed by atoms with Gasteiger partial charge in [0.05, 0.1) is 23.7 Å². The van der Waals surface area contributed by atoms with Gasteiger partial charge < -0.3 is 18.9 Å². The van der Waals surface area contributed by atoms with E-state index in [1.165, 1.54) is 32.1 Å². The molecule has 1 aromatic heterocycles. The molecule has 2 aliphatic heterocycles. The number of carbonyl (C=O) groups excluding carboxylic acids is 1. The van der Waals surface area contributed by atoms with Crippen molar-refractivity contribution >= 4 is 16.8 Å². The highest BCUT2D eigenvalue weighted by molar-refractivity contribution is 6.08. The highest BCUT2D eigenvalue weighted by Gasteiger charge is 2.36. The Kier molecular flexibility index (Phi) is 6.17. The van der Waals surface area contributed by atoms with Crippen molar-refractivity contribution in [3.05, 3.63) is 30.0 Å². The average molecular weight is 440 g/mol. The van der Waals surface area contributed by atoms with Crippen LogP contribution in [0.2, 0.25) is 0 Å². The molecular formula is C26H37N3O3. The van der Waals surface area contributed by atoms with Gasteiger partial charge >= 0.3 is 0 Å². The molecule has 1 amide bonds. The van der Waals surface area contributed by atoms with Gasteiger partial charge in [0, 0.05) is 50.4 Å². The van der Waals surface area contributed by atoms with E-state index in [1.807, 2.05) is 12.1 Å². The fourth-order valence-electron chi connectivity index (χ4n) is 6.30. The molecule has 6 heteroatoms. The molecule has 2 aromatic rings. The zero-order valence-electron chi connectivity index (χ0n) is 19.8. The fourth-order valence-corrected chi connectivity index (χ4v) is 6.30. The van der Waals surface area contributed by atoms with Crippen molar-refractivity contribution in [3.63, 3.8) is 0 Å². The SMILES string of the molecule is COCCN1[C@H](C)CN(C(=O)c2cn3c4c(cccc24)OC[C@H]3C2CCCCC2)C[C@@H]1C. The minimum Gasteiger partial charge on any atom is -0.489 e. The first kappa shape index (κ1) is 21.8. The van der Waals surface area contributed by atoms with E-state index in [9.17, 15) is 4.79 Å². The van der Waals surface area contributed by atoms with Crippen LogP contribution in [0.5, 0.6) is 5.75 Å². The van der Waals surface area contributed by atoms with Crippen LogP contribution in [0.3, 0.4) is 0 Å². The van der Waals surface area contributed by atoms with Crippen LogP contribution in [0.25, 0.3) is 10.9 Å². The molecule has 32 heavy (non-hydrogen) atoms. The second-order valence-corrected chi connectivity index (χ2v) is 10.0. The Morgan fingerprint density at radius 1 is 1.12 bits per heavy atom. The third-order valence-electron chi connectivity index (χ3n) is 7.95. The van der Waals surface area contributed by atoms with Crippen molar-refractivity contribution < 1.29 is 14.3 Å². The monoisotopic (exact) mass is 439 g/mol. The van der Waals surface area contributed by atoms with E-state index in [2.05, 4.69) is 40.5 Å². The van der Waals surface area contributed by atoms with Crippen molar-refractivity contribution in [3.8, 4) is 5.75 Å². The Morgan fingerprint density at radius 2 is 1.88 bits per heavy atom. The third kappa shape index (κ3) is 3.81. The van der Waals surface area contributed by atoms with E-state index in [4.69, 9.17) is 9.47 Å². The topological polar surface area (TPSA) is 46.9 Å². The largest absolute Gasteiger partial charge is 0.489 e. The number of hydrogen-bond donors (Lipinski definition) is 0. The Balaban J connectivity index is 1.44. The predicted molar refractivity (Wildman–Crippen MR) is 126 cm³/mol. The summed E-state index contributed by atoms with van der Waals surface area (Å²) in [4.78, 5) is 18.3. The van der Waals surface area contributed by atoms with Crippen molar-refractivity contribution in [2.75, 3.05) is 40.0 Å². The molecule has 0 unspecified atom stereocenters. The molecule has 0 spiro atoms. The van der Waals surface area contributed by atoms with Gasteiger partial charge in [0.15, 0.2) is 0 Å². The van der Waals surface area contributed by atoms with Crippen LogP contribution in [0.15, 0.2) is 24.4 Å². The molecule has 0 N–H and O–H groups in total. The number of methoxy groups -OCH3 is 1. The molecule has 3 atom stereocenters. The van der Waals surface area contributed by atoms with Crippen LogP contribution in [0, 0.1) is 5.92 Å². The van der Waals surface area contributed by atoms with Crippen LogP contribution in [0.1, 0.15) is 62.4 Å². The third-order valence-corrected chi connectivity index (χ3v) is 7.95. The summed E-state index contributed by atoms with van der Waals surface area (Å²) >= 11 is 0. The normalized spacial score (nSPS) is 27.0. The van der Waals surface area contributed by atoms with Gasteiger partial charge in [-0.05, 0) is 38.7 Å². The van der Waals surface area contributed by atoms with Crippen LogP contribution in [-0.2, 0) is 4.74 Å². The maximum Gasteiger partial charge on any atom is 0.256 e. The molecule has 0 radical (unpaired) electrons. The lowest BCUT2D eigenvalue weighted by Gasteiger charge is -2.44. The smallest absolute Gasteiger partial charge is 0.256 e. The molecule has 3 aliphatic rings. The number of aromatic nitrogens is 1. The number of nitrogens with zero attached hydrogens (tertiary/aromatic N) is 3. The van der Waals surface area contributed by atoms with Crippen LogP contribution in [-0.4, -0.2) is 72.3 Å². The minimum atomic E-state index is 0.153. The summed E-state index contributed by atoms with van der Waals surface area (Å²) in [6.45, 7) is 8.28. The van der Waals surface area contributed by atoms with Crippen LogP contribution < -0.4 is 4.74 Å². The summed E-state index contributed by atoms with van der Waals surface area (Å²) in [6, 6.07) is 7.12.